The molecule has 3 nitrogen and oxygen atoms in total. The summed E-state index contributed by atoms with van der Waals surface area (Å²) in [7, 11) is 2.12. The Morgan fingerprint density at radius 3 is 2.95 bits per heavy atom. The maximum Gasteiger partial charge on any atom is 0.142 e. The van der Waals surface area contributed by atoms with Crippen LogP contribution in [0.5, 0.6) is 5.75 Å². The molecule has 0 aromatic heterocycles. The second-order valence-corrected chi connectivity index (χ2v) is 6.39. The minimum absolute atomic E-state index is 0.276. The van der Waals surface area contributed by atoms with Gasteiger partial charge in [-0.15, -0.1) is 11.8 Å². The van der Waals surface area contributed by atoms with Crippen molar-refractivity contribution >= 4 is 22.4 Å². The molecule has 1 aromatic carbocycles. The van der Waals surface area contributed by atoms with Crippen LogP contribution in [0.1, 0.15) is 18.4 Å². The smallest absolute Gasteiger partial charge is 0.142 e. The van der Waals surface area contributed by atoms with Gasteiger partial charge in [0, 0.05) is 23.7 Å². The van der Waals surface area contributed by atoms with Gasteiger partial charge in [-0.2, -0.15) is 0 Å². The quantitative estimate of drug-likeness (QED) is 0.862. The Bertz CT molecular complexity index is 501. The number of nitrogens with two attached hydrogens (primary N) is 1. The largest absolute Gasteiger partial charge is 0.487 e. The molecule has 1 aromatic rings. The Hall–Kier alpha value is -1.13. The van der Waals surface area contributed by atoms with Crippen LogP contribution in [0.15, 0.2) is 24.3 Å². The molecule has 1 saturated heterocycles. The molecule has 102 valence electrons. The summed E-state index contributed by atoms with van der Waals surface area (Å²) in [5, 5.41) is 0. The summed E-state index contributed by atoms with van der Waals surface area (Å²) in [5.74, 6) is 2.01. The predicted molar refractivity (Wildman–Crippen MR) is 82.4 cm³/mol. The molecule has 1 fully saturated rings. The first kappa shape index (κ1) is 12.9. The Kier molecular flexibility index (Phi) is 3.71. The predicted octanol–water partition coefficient (Wildman–Crippen LogP) is 2.83. The summed E-state index contributed by atoms with van der Waals surface area (Å²) in [5.41, 5.74) is 8.10. The zero-order valence-corrected chi connectivity index (χ0v) is 12.1. The summed E-state index contributed by atoms with van der Waals surface area (Å²) in [6.45, 7) is 2.09. The van der Waals surface area contributed by atoms with Gasteiger partial charge in [0.1, 0.15) is 11.9 Å². The van der Waals surface area contributed by atoms with E-state index in [-0.39, 0.29) is 6.10 Å². The first-order valence-corrected chi connectivity index (χ1v) is 7.79. The highest BCUT2D eigenvalue weighted by Crippen LogP contribution is 2.36. The van der Waals surface area contributed by atoms with E-state index >= 15 is 0 Å². The van der Waals surface area contributed by atoms with Gasteiger partial charge in [-0.25, -0.2) is 0 Å². The van der Waals surface area contributed by atoms with Gasteiger partial charge in [0.05, 0.1) is 5.69 Å². The van der Waals surface area contributed by atoms with E-state index in [0.29, 0.717) is 0 Å². The molecule has 2 N–H and O–H groups in total. The number of anilines is 1. The van der Waals surface area contributed by atoms with Gasteiger partial charge >= 0.3 is 0 Å². The van der Waals surface area contributed by atoms with Gasteiger partial charge in [0.2, 0.25) is 0 Å². The van der Waals surface area contributed by atoms with Crippen molar-refractivity contribution in [2.75, 3.05) is 31.6 Å². The lowest BCUT2D eigenvalue weighted by atomic mass is 10.1. The van der Waals surface area contributed by atoms with Crippen molar-refractivity contribution in [1.29, 1.82) is 0 Å². The Labute approximate surface area is 118 Å². The monoisotopic (exact) mass is 276 g/mol. The molecular weight excluding hydrogens is 256 g/mol. The van der Waals surface area contributed by atoms with Crippen LogP contribution in [0.3, 0.4) is 0 Å². The summed E-state index contributed by atoms with van der Waals surface area (Å²) in [4.78, 5) is 3.63. The molecule has 0 saturated carbocycles. The van der Waals surface area contributed by atoms with E-state index < -0.39 is 0 Å². The third-order valence-electron chi connectivity index (χ3n) is 3.64. The van der Waals surface area contributed by atoms with Gasteiger partial charge < -0.3 is 15.4 Å². The molecule has 0 radical (unpaired) electrons. The highest BCUT2D eigenvalue weighted by Gasteiger charge is 2.21. The molecule has 3 rings (SSSR count). The van der Waals surface area contributed by atoms with Crippen molar-refractivity contribution in [2.45, 2.75) is 18.9 Å². The number of nitrogen functional groups attached to an aromatic ring is 1. The van der Waals surface area contributed by atoms with Gasteiger partial charge in [0.15, 0.2) is 0 Å². The number of hydrogen-bond acceptors (Lipinski definition) is 4. The molecule has 0 bridgehead atoms. The molecule has 2 heterocycles. The second-order valence-electron chi connectivity index (χ2n) is 5.25. The number of ether oxygens (including phenoxy) is 1. The Balaban J connectivity index is 1.72. The molecule has 0 spiro atoms. The molecule has 0 aliphatic carbocycles. The fourth-order valence-corrected chi connectivity index (χ4v) is 3.58. The highest BCUT2D eigenvalue weighted by atomic mass is 32.2. The number of likely N-dealkylation sites (N-methyl/N-ethyl adjacent to an activating group) is 1. The van der Waals surface area contributed by atoms with Crippen molar-refractivity contribution in [3.8, 4) is 5.75 Å². The number of thioether (sulfide) groups is 1. The van der Waals surface area contributed by atoms with Crippen molar-refractivity contribution in [3.63, 3.8) is 0 Å². The normalized spacial score (nSPS) is 23.6. The maximum absolute atomic E-state index is 6.13. The minimum Gasteiger partial charge on any atom is -0.487 e. The number of rotatable bonds is 3. The Morgan fingerprint density at radius 1 is 1.42 bits per heavy atom. The molecule has 0 amide bonds. The van der Waals surface area contributed by atoms with E-state index in [9.17, 15) is 0 Å². The number of hydrogen-bond donors (Lipinski definition) is 1. The SMILES string of the molecule is CN1CCC(Oc2ccc(C3=CCCS3)cc2N)C1. The summed E-state index contributed by atoms with van der Waals surface area (Å²) in [6, 6.07) is 6.18. The van der Waals surface area contributed by atoms with E-state index in [1.807, 2.05) is 23.9 Å². The number of nitrogens with zero attached hydrogens (tertiary/aromatic N) is 1. The van der Waals surface area contributed by atoms with Crippen molar-refractivity contribution in [1.82, 2.24) is 4.90 Å². The maximum atomic E-state index is 6.13. The van der Waals surface area contributed by atoms with Crippen molar-refractivity contribution in [2.24, 2.45) is 0 Å². The van der Waals surface area contributed by atoms with Crippen LogP contribution in [0.2, 0.25) is 0 Å². The zero-order chi connectivity index (χ0) is 13.2. The third kappa shape index (κ3) is 2.90. The summed E-state index contributed by atoms with van der Waals surface area (Å²) in [6.07, 6.45) is 4.80. The molecule has 1 unspecified atom stereocenters. The van der Waals surface area contributed by atoms with E-state index in [4.69, 9.17) is 10.5 Å². The van der Waals surface area contributed by atoms with Gasteiger partial charge in [-0.3, -0.25) is 0 Å². The minimum atomic E-state index is 0.276. The highest BCUT2D eigenvalue weighted by molar-refractivity contribution is 8.08. The van der Waals surface area contributed by atoms with E-state index in [0.717, 1.165) is 37.4 Å². The summed E-state index contributed by atoms with van der Waals surface area (Å²) >= 11 is 1.90. The first-order chi connectivity index (χ1) is 9.22. The molecular formula is C15H20N2OS. The lowest BCUT2D eigenvalue weighted by molar-refractivity contribution is 0.209. The second kappa shape index (κ2) is 5.47. The van der Waals surface area contributed by atoms with Crippen molar-refractivity contribution in [3.05, 3.63) is 29.8 Å². The van der Waals surface area contributed by atoms with Crippen LogP contribution in [-0.4, -0.2) is 36.9 Å². The van der Waals surface area contributed by atoms with Crippen LogP contribution in [0.25, 0.3) is 4.91 Å². The zero-order valence-electron chi connectivity index (χ0n) is 11.3. The van der Waals surface area contributed by atoms with Crippen molar-refractivity contribution < 1.29 is 4.74 Å². The van der Waals surface area contributed by atoms with E-state index in [1.165, 1.54) is 16.2 Å². The average molecular weight is 276 g/mol. The topological polar surface area (TPSA) is 38.5 Å². The lowest BCUT2D eigenvalue weighted by Gasteiger charge is -2.16. The van der Waals surface area contributed by atoms with Gasteiger partial charge in [-0.1, -0.05) is 12.1 Å². The van der Waals surface area contributed by atoms with Crippen LogP contribution in [-0.2, 0) is 0 Å². The van der Waals surface area contributed by atoms with Crippen LogP contribution >= 0.6 is 11.8 Å². The molecule has 2 aliphatic heterocycles. The van der Waals surface area contributed by atoms with E-state index in [1.54, 1.807) is 0 Å². The molecule has 19 heavy (non-hydrogen) atoms. The summed E-state index contributed by atoms with van der Waals surface area (Å²) < 4.78 is 6.00. The Morgan fingerprint density at radius 2 is 2.32 bits per heavy atom. The van der Waals surface area contributed by atoms with Crippen LogP contribution < -0.4 is 10.5 Å². The lowest BCUT2D eigenvalue weighted by Crippen LogP contribution is -2.21. The standard InChI is InChI=1S/C15H20N2OS/c1-17-7-6-12(10-17)18-14-5-4-11(9-13(14)16)15-3-2-8-19-15/h3-5,9,12H,2,6-8,10,16H2,1H3. The van der Waals surface area contributed by atoms with Gasteiger partial charge in [-0.05, 0) is 37.6 Å². The third-order valence-corrected chi connectivity index (χ3v) is 4.79. The van der Waals surface area contributed by atoms with Crippen LogP contribution in [0.4, 0.5) is 5.69 Å². The number of likely N-dealkylation sites (tertiary alicyclic amines) is 1. The fourth-order valence-electron chi connectivity index (χ4n) is 2.60. The molecule has 4 heteroatoms. The molecule has 2 aliphatic rings. The van der Waals surface area contributed by atoms with E-state index in [2.05, 4.69) is 24.1 Å². The number of allylic oxidation sites excluding steroid dienone is 1. The van der Waals surface area contributed by atoms with Gasteiger partial charge in [0.25, 0.3) is 0 Å². The average Bonchev–Trinajstić information content (AvgIpc) is 3.03. The molecule has 1 atom stereocenters. The van der Waals surface area contributed by atoms with Crippen LogP contribution in [0, 0.1) is 0 Å². The number of benzene rings is 1. The fraction of sp³-hybridized carbons (Fsp3) is 0.467. The first-order valence-electron chi connectivity index (χ1n) is 6.80.